The summed E-state index contributed by atoms with van der Waals surface area (Å²) in [4.78, 5) is 12.2. The number of tetrazole rings is 1. The van der Waals surface area contributed by atoms with Crippen LogP contribution in [0, 0.1) is 5.82 Å². The van der Waals surface area contributed by atoms with Gasteiger partial charge in [-0.2, -0.15) is 4.68 Å². The number of aromatic nitrogens is 4. The molecular formula is C17H17FN6O3. The molecule has 2 amide bonds. The quantitative estimate of drug-likeness (QED) is 0.687. The van der Waals surface area contributed by atoms with Crippen LogP contribution >= 0.6 is 0 Å². The lowest BCUT2D eigenvalue weighted by Crippen LogP contribution is -2.29. The van der Waals surface area contributed by atoms with Gasteiger partial charge in [-0.25, -0.2) is 9.18 Å². The highest BCUT2D eigenvalue weighted by Crippen LogP contribution is 2.28. The van der Waals surface area contributed by atoms with E-state index in [1.54, 1.807) is 25.3 Å². The molecule has 0 aliphatic rings. The van der Waals surface area contributed by atoms with Crippen LogP contribution in [0.15, 0.2) is 42.5 Å². The zero-order valence-corrected chi connectivity index (χ0v) is 14.6. The van der Waals surface area contributed by atoms with Crippen LogP contribution in [0.2, 0.25) is 0 Å². The van der Waals surface area contributed by atoms with Crippen molar-refractivity contribution in [3.8, 4) is 17.2 Å². The molecule has 2 N–H and O–H groups in total. The first kappa shape index (κ1) is 18.1. The Morgan fingerprint density at radius 2 is 1.93 bits per heavy atom. The Morgan fingerprint density at radius 3 is 2.63 bits per heavy atom. The first-order valence-corrected chi connectivity index (χ1v) is 7.91. The largest absolute Gasteiger partial charge is 0.497 e. The van der Waals surface area contributed by atoms with E-state index in [4.69, 9.17) is 9.47 Å². The van der Waals surface area contributed by atoms with Gasteiger partial charge >= 0.3 is 6.03 Å². The molecule has 1 aromatic heterocycles. The molecule has 0 aliphatic carbocycles. The maximum absolute atomic E-state index is 13.1. The molecule has 10 heteroatoms. The molecule has 140 valence electrons. The van der Waals surface area contributed by atoms with E-state index in [0.717, 1.165) is 0 Å². The van der Waals surface area contributed by atoms with Crippen LogP contribution in [0.25, 0.3) is 5.69 Å². The summed E-state index contributed by atoms with van der Waals surface area (Å²) >= 11 is 0. The topological polar surface area (TPSA) is 103 Å². The summed E-state index contributed by atoms with van der Waals surface area (Å²) in [6.45, 7) is 0.0642. The van der Waals surface area contributed by atoms with E-state index in [-0.39, 0.29) is 12.4 Å². The third-order valence-electron chi connectivity index (χ3n) is 3.67. The second kappa shape index (κ2) is 8.13. The summed E-state index contributed by atoms with van der Waals surface area (Å²) in [5.41, 5.74) is 1.06. The zero-order valence-electron chi connectivity index (χ0n) is 14.6. The van der Waals surface area contributed by atoms with Crippen LogP contribution in [0.5, 0.6) is 11.5 Å². The predicted molar refractivity (Wildman–Crippen MR) is 94.5 cm³/mol. The Labute approximate surface area is 154 Å². The van der Waals surface area contributed by atoms with E-state index >= 15 is 0 Å². The van der Waals surface area contributed by atoms with Gasteiger partial charge in [0.05, 0.1) is 32.1 Å². The molecule has 1 heterocycles. The standard InChI is InChI=1S/C17H17FN6O3/c1-26-13-7-8-14(15(9-13)27-2)20-17(25)19-10-16-21-22-23-24(16)12-5-3-11(18)4-6-12/h3-9H,10H2,1-2H3,(H2,19,20,25). The normalized spacial score (nSPS) is 10.3. The number of amides is 2. The van der Waals surface area contributed by atoms with Crippen molar-refractivity contribution in [1.82, 2.24) is 25.5 Å². The van der Waals surface area contributed by atoms with Crippen molar-refractivity contribution in [2.75, 3.05) is 19.5 Å². The van der Waals surface area contributed by atoms with Gasteiger partial charge in [-0.1, -0.05) is 0 Å². The van der Waals surface area contributed by atoms with Gasteiger partial charge in [0, 0.05) is 6.07 Å². The highest BCUT2D eigenvalue weighted by atomic mass is 19.1. The maximum atomic E-state index is 13.1. The number of ether oxygens (including phenoxy) is 2. The van der Waals surface area contributed by atoms with E-state index in [2.05, 4.69) is 26.2 Å². The minimum atomic E-state index is -0.466. The van der Waals surface area contributed by atoms with Gasteiger partial charge in [0.15, 0.2) is 5.82 Å². The number of anilines is 1. The molecule has 0 saturated carbocycles. The van der Waals surface area contributed by atoms with Crippen molar-refractivity contribution in [3.05, 3.63) is 54.1 Å². The third kappa shape index (κ3) is 4.29. The second-order valence-corrected chi connectivity index (χ2v) is 5.36. The van der Waals surface area contributed by atoms with Crippen molar-refractivity contribution in [3.63, 3.8) is 0 Å². The van der Waals surface area contributed by atoms with Crippen LogP contribution in [0.3, 0.4) is 0 Å². The molecule has 0 fully saturated rings. The number of nitrogens with one attached hydrogen (secondary N) is 2. The molecular weight excluding hydrogens is 355 g/mol. The van der Waals surface area contributed by atoms with E-state index in [9.17, 15) is 9.18 Å². The number of hydrogen-bond acceptors (Lipinski definition) is 6. The van der Waals surface area contributed by atoms with Gasteiger partial charge in [0.1, 0.15) is 17.3 Å². The first-order chi connectivity index (χ1) is 13.1. The SMILES string of the molecule is COc1ccc(NC(=O)NCc2nnnn2-c2ccc(F)cc2)c(OC)c1. The van der Waals surface area contributed by atoms with Crippen molar-refractivity contribution in [2.24, 2.45) is 0 Å². The fraction of sp³-hybridized carbons (Fsp3) is 0.176. The van der Waals surface area contributed by atoms with Gasteiger partial charge in [0.2, 0.25) is 0 Å². The van der Waals surface area contributed by atoms with Gasteiger partial charge in [-0.05, 0) is 46.8 Å². The van der Waals surface area contributed by atoms with Crippen LogP contribution < -0.4 is 20.1 Å². The molecule has 0 spiro atoms. The highest BCUT2D eigenvalue weighted by molar-refractivity contribution is 5.91. The Hall–Kier alpha value is -3.69. The van der Waals surface area contributed by atoms with Crippen LogP contribution in [0.4, 0.5) is 14.9 Å². The van der Waals surface area contributed by atoms with Crippen molar-refractivity contribution >= 4 is 11.7 Å². The van der Waals surface area contributed by atoms with Crippen LogP contribution in [0.1, 0.15) is 5.82 Å². The van der Waals surface area contributed by atoms with Crippen molar-refractivity contribution in [1.29, 1.82) is 0 Å². The summed E-state index contributed by atoms with van der Waals surface area (Å²) in [5, 5.41) is 16.7. The number of methoxy groups -OCH3 is 2. The number of carbonyl (C=O) groups excluding carboxylic acids is 1. The zero-order chi connectivity index (χ0) is 19.2. The third-order valence-corrected chi connectivity index (χ3v) is 3.67. The molecule has 27 heavy (non-hydrogen) atoms. The molecule has 9 nitrogen and oxygen atoms in total. The van der Waals surface area contributed by atoms with E-state index in [1.165, 1.54) is 36.1 Å². The van der Waals surface area contributed by atoms with Gasteiger partial charge in [-0.3, -0.25) is 0 Å². The minimum Gasteiger partial charge on any atom is -0.497 e. The Bertz CT molecular complexity index is 929. The summed E-state index contributed by atoms with van der Waals surface area (Å²) in [7, 11) is 3.04. The predicted octanol–water partition coefficient (Wildman–Crippen LogP) is 2.14. The number of carbonyl (C=O) groups is 1. The van der Waals surface area contributed by atoms with Crippen molar-refractivity contribution < 1.29 is 18.7 Å². The second-order valence-electron chi connectivity index (χ2n) is 5.36. The number of halogens is 1. The summed E-state index contributed by atoms with van der Waals surface area (Å²) in [5.74, 6) is 1.09. The molecule has 0 bridgehead atoms. The molecule has 2 aromatic carbocycles. The average Bonchev–Trinajstić information content (AvgIpc) is 3.16. The van der Waals surface area contributed by atoms with Gasteiger partial charge in [-0.15, -0.1) is 5.10 Å². The Morgan fingerprint density at radius 1 is 1.15 bits per heavy atom. The van der Waals surface area contributed by atoms with E-state index in [1.807, 2.05) is 0 Å². The molecule has 3 rings (SSSR count). The van der Waals surface area contributed by atoms with E-state index in [0.29, 0.717) is 28.7 Å². The minimum absolute atomic E-state index is 0.0642. The van der Waals surface area contributed by atoms with E-state index < -0.39 is 6.03 Å². The summed E-state index contributed by atoms with van der Waals surface area (Å²) in [6.07, 6.45) is 0. The number of urea groups is 1. The lowest BCUT2D eigenvalue weighted by Gasteiger charge is -2.12. The lowest BCUT2D eigenvalue weighted by molar-refractivity contribution is 0.251. The highest BCUT2D eigenvalue weighted by Gasteiger charge is 2.12. The fourth-order valence-corrected chi connectivity index (χ4v) is 2.33. The fourth-order valence-electron chi connectivity index (χ4n) is 2.33. The van der Waals surface area contributed by atoms with Gasteiger partial charge in [0.25, 0.3) is 0 Å². The maximum Gasteiger partial charge on any atom is 0.319 e. The monoisotopic (exact) mass is 372 g/mol. The number of hydrogen-bond donors (Lipinski definition) is 2. The van der Waals surface area contributed by atoms with Crippen LogP contribution in [-0.2, 0) is 6.54 Å². The Balaban J connectivity index is 1.65. The van der Waals surface area contributed by atoms with Gasteiger partial charge < -0.3 is 20.1 Å². The van der Waals surface area contributed by atoms with Crippen molar-refractivity contribution in [2.45, 2.75) is 6.54 Å². The number of benzene rings is 2. The molecule has 0 saturated heterocycles. The lowest BCUT2D eigenvalue weighted by atomic mass is 10.2. The molecule has 0 aliphatic heterocycles. The number of rotatable bonds is 6. The molecule has 0 radical (unpaired) electrons. The smallest absolute Gasteiger partial charge is 0.319 e. The molecule has 0 unspecified atom stereocenters. The average molecular weight is 372 g/mol. The summed E-state index contributed by atoms with van der Waals surface area (Å²) < 4.78 is 24.8. The Kier molecular flexibility index (Phi) is 5.45. The molecule has 0 atom stereocenters. The first-order valence-electron chi connectivity index (χ1n) is 7.91. The molecule has 3 aromatic rings. The number of nitrogens with zero attached hydrogens (tertiary/aromatic N) is 4. The van der Waals surface area contributed by atoms with Crippen LogP contribution in [-0.4, -0.2) is 40.5 Å². The summed E-state index contributed by atoms with van der Waals surface area (Å²) in [6, 6.07) is 10.2.